The van der Waals surface area contributed by atoms with Gasteiger partial charge in [0.15, 0.2) is 10.1 Å². The van der Waals surface area contributed by atoms with Gasteiger partial charge in [0.25, 0.3) is 5.56 Å². The lowest BCUT2D eigenvalue weighted by Crippen LogP contribution is -2.36. The van der Waals surface area contributed by atoms with Gasteiger partial charge in [-0.1, -0.05) is 0 Å². The third kappa shape index (κ3) is 3.75. The lowest BCUT2D eigenvalue weighted by atomic mass is 10.1. The number of hydrogen-bond donors (Lipinski definition) is 1. The number of fused-ring (bicyclic) bond motifs is 1. The van der Waals surface area contributed by atoms with Crippen molar-refractivity contribution in [1.82, 2.24) is 14.9 Å². The SMILES string of the molecule is O=c1[nH]c(C(F)(F)F)nc2c1CN(Cc1ccc(S(=O)(=O)[O-])o1)CC2. The van der Waals surface area contributed by atoms with E-state index in [0.717, 1.165) is 6.07 Å². The van der Waals surface area contributed by atoms with Crippen molar-refractivity contribution < 1.29 is 30.6 Å². The molecule has 0 atom stereocenters. The molecule has 0 fully saturated rings. The molecule has 12 heteroatoms. The summed E-state index contributed by atoms with van der Waals surface area (Å²) in [5.41, 5.74) is -0.679. The van der Waals surface area contributed by atoms with Gasteiger partial charge in [-0.05, 0) is 12.1 Å². The van der Waals surface area contributed by atoms with Crippen LogP contribution in [0, 0.1) is 0 Å². The van der Waals surface area contributed by atoms with Crippen LogP contribution in [0.2, 0.25) is 0 Å². The molecule has 2 aromatic heterocycles. The van der Waals surface area contributed by atoms with Crippen LogP contribution >= 0.6 is 0 Å². The van der Waals surface area contributed by atoms with Crippen LogP contribution < -0.4 is 5.56 Å². The zero-order valence-corrected chi connectivity index (χ0v) is 13.3. The molecule has 0 aliphatic carbocycles. The Labute approximate surface area is 139 Å². The monoisotopic (exact) mass is 378 g/mol. The number of hydrogen-bond acceptors (Lipinski definition) is 7. The Morgan fingerprint density at radius 2 is 2.08 bits per heavy atom. The predicted octanol–water partition coefficient (Wildman–Crippen LogP) is 0.844. The fourth-order valence-corrected chi connectivity index (χ4v) is 2.99. The molecule has 0 saturated heterocycles. The first-order valence-corrected chi connectivity index (χ1v) is 8.41. The maximum Gasteiger partial charge on any atom is 0.449 e. The van der Waals surface area contributed by atoms with Crippen molar-refractivity contribution in [3.63, 3.8) is 0 Å². The maximum atomic E-state index is 12.7. The number of furan rings is 1. The molecule has 3 heterocycles. The number of halogens is 3. The van der Waals surface area contributed by atoms with Gasteiger partial charge in [-0.25, -0.2) is 13.4 Å². The summed E-state index contributed by atoms with van der Waals surface area (Å²) in [5, 5.41) is -0.714. The fraction of sp³-hybridized carbons (Fsp3) is 0.385. The minimum Gasteiger partial charge on any atom is -0.742 e. The van der Waals surface area contributed by atoms with Crippen LogP contribution in [-0.2, 0) is 35.8 Å². The minimum absolute atomic E-state index is 0.0238. The summed E-state index contributed by atoms with van der Waals surface area (Å²) in [6.07, 6.45) is -4.62. The van der Waals surface area contributed by atoms with Gasteiger partial charge in [0.1, 0.15) is 5.76 Å². The number of nitrogens with zero attached hydrogens (tertiary/aromatic N) is 2. The van der Waals surface area contributed by atoms with E-state index in [1.807, 2.05) is 0 Å². The fourth-order valence-electron chi connectivity index (χ4n) is 2.55. The molecule has 1 aliphatic heterocycles. The Hall–Kier alpha value is -2.18. The molecular weight excluding hydrogens is 367 g/mol. The highest BCUT2D eigenvalue weighted by atomic mass is 32.2. The van der Waals surface area contributed by atoms with E-state index in [1.54, 1.807) is 9.88 Å². The number of H-pyrrole nitrogens is 1. The number of nitrogens with one attached hydrogen (secondary N) is 1. The van der Waals surface area contributed by atoms with Crippen LogP contribution in [0.3, 0.4) is 0 Å². The predicted molar refractivity (Wildman–Crippen MR) is 74.3 cm³/mol. The van der Waals surface area contributed by atoms with Gasteiger partial charge in [-0.15, -0.1) is 0 Å². The molecule has 0 saturated carbocycles. The van der Waals surface area contributed by atoms with Gasteiger partial charge in [0.2, 0.25) is 10.9 Å². The largest absolute Gasteiger partial charge is 0.742 e. The van der Waals surface area contributed by atoms with Crippen LogP contribution in [0.4, 0.5) is 13.2 Å². The Balaban J connectivity index is 1.80. The summed E-state index contributed by atoms with van der Waals surface area (Å²) in [6.45, 7) is 0.409. The molecule has 0 radical (unpaired) electrons. The third-order valence-corrected chi connectivity index (χ3v) is 4.39. The first-order chi connectivity index (χ1) is 11.5. The van der Waals surface area contributed by atoms with Gasteiger partial charge in [0, 0.05) is 19.5 Å². The van der Waals surface area contributed by atoms with Crippen molar-refractivity contribution in [3.8, 4) is 0 Å². The standard InChI is InChI=1S/C13H12F3N3O5S/c14-13(15,16)12-17-9-3-4-19(6-8(9)11(20)18-12)5-7-1-2-10(24-7)25(21,22)23/h1-2H,3-6H2,(H,17,18,20)(H,21,22,23)/p-1. The summed E-state index contributed by atoms with van der Waals surface area (Å²) in [4.78, 5) is 18.8. The lowest BCUT2D eigenvalue weighted by molar-refractivity contribution is -0.145. The van der Waals surface area contributed by atoms with Gasteiger partial charge < -0.3 is 14.0 Å². The first-order valence-electron chi connectivity index (χ1n) is 7.00. The molecule has 1 N–H and O–H groups in total. The second kappa shape index (κ2) is 5.97. The zero-order valence-electron chi connectivity index (χ0n) is 12.5. The van der Waals surface area contributed by atoms with Crippen LogP contribution in [0.15, 0.2) is 26.4 Å². The highest BCUT2D eigenvalue weighted by molar-refractivity contribution is 7.85. The molecule has 0 aromatic carbocycles. The minimum atomic E-state index is -4.74. The van der Waals surface area contributed by atoms with Crippen molar-refractivity contribution in [2.45, 2.75) is 30.8 Å². The van der Waals surface area contributed by atoms with Crippen LogP contribution in [0.1, 0.15) is 22.8 Å². The van der Waals surface area contributed by atoms with Crippen molar-refractivity contribution in [2.24, 2.45) is 0 Å². The Bertz CT molecular complexity index is 964. The van der Waals surface area contributed by atoms with E-state index in [0.29, 0.717) is 6.54 Å². The van der Waals surface area contributed by atoms with E-state index >= 15 is 0 Å². The number of alkyl halides is 3. The highest BCUT2D eigenvalue weighted by Gasteiger charge is 2.36. The van der Waals surface area contributed by atoms with Crippen LogP contribution in [-0.4, -0.2) is 34.4 Å². The van der Waals surface area contributed by atoms with Crippen molar-refractivity contribution >= 4 is 10.1 Å². The molecule has 2 aromatic rings. The smallest absolute Gasteiger partial charge is 0.449 e. The van der Waals surface area contributed by atoms with Gasteiger partial charge >= 0.3 is 6.18 Å². The van der Waals surface area contributed by atoms with Crippen molar-refractivity contribution in [2.75, 3.05) is 6.54 Å². The highest BCUT2D eigenvalue weighted by Crippen LogP contribution is 2.27. The Morgan fingerprint density at radius 3 is 2.68 bits per heavy atom. The quantitative estimate of drug-likeness (QED) is 0.786. The van der Waals surface area contributed by atoms with Crippen molar-refractivity contribution in [3.05, 3.63) is 45.3 Å². The molecule has 1 aliphatic rings. The van der Waals surface area contributed by atoms with Gasteiger partial charge in [0.05, 0.1) is 17.8 Å². The van der Waals surface area contributed by atoms with Crippen LogP contribution in [0.25, 0.3) is 0 Å². The molecule has 0 unspecified atom stereocenters. The van der Waals surface area contributed by atoms with E-state index in [2.05, 4.69) is 4.98 Å². The van der Waals surface area contributed by atoms with E-state index in [1.165, 1.54) is 6.07 Å². The third-order valence-electron chi connectivity index (χ3n) is 3.68. The summed E-state index contributed by atoms with van der Waals surface area (Å²) < 4.78 is 75.5. The lowest BCUT2D eigenvalue weighted by Gasteiger charge is -2.27. The normalized spacial score (nSPS) is 16.0. The average molecular weight is 378 g/mol. The number of rotatable bonds is 3. The molecule has 136 valence electrons. The molecule has 0 bridgehead atoms. The molecule has 0 amide bonds. The van der Waals surface area contributed by atoms with Gasteiger partial charge in [-0.3, -0.25) is 9.69 Å². The number of aromatic nitrogens is 2. The second-order valence-electron chi connectivity index (χ2n) is 5.47. The van der Waals surface area contributed by atoms with Gasteiger partial charge in [-0.2, -0.15) is 13.2 Å². The van der Waals surface area contributed by atoms with Crippen LogP contribution in [0.5, 0.6) is 0 Å². The maximum absolute atomic E-state index is 12.7. The summed E-state index contributed by atoms with van der Waals surface area (Å²) in [7, 11) is -4.70. The van der Waals surface area contributed by atoms with E-state index < -0.39 is 32.8 Å². The average Bonchev–Trinajstić information content (AvgIpc) is 2.95. The first kappa shape index (κ1) is 17.6. The molecule has 8 nitrogen and oxygen atoms in total. The molecular formula is C13H11F3N3O5S-. The van der Waals surface area contributed by atoms with E-state index in [-0.39, 0.29) is 36.5 Å². The van der Waals surface area contributed by atoms with E-state index in [4.69, 9.17) is 4.42 Å². The zero-order chi connectivity index (χ0) is 18.4. The topological polar surface area (TPSA) is 119 Å². The van der Waals surface area contributed by atoms with E-state index in [9.17, 15) is 30.9 Å². The Kier molecular flexibility index (Phi) is 4.21. The molecule has 25 heavy (non-hydrogen) atoms. The summed E-state index contributed by atoms with van der Waals surface area (Å²) in [6, 6.07) is 2.34. The molecule has 0 spiro atoms. The summed E-state index contributed by atoms with van der Waals surface area (Å²) >= 11 is 0. The second-order valence-corrected chi connectivity index (χ2v) is 6.78. The number of aromatic amines is 1. The summed E-state index contributed by atoms with van der Waals surface area (Å²) in [5.74, 6) is -1.14. The molecule has 3 rings (SSSR count). The van der Waals surface area contributed by atoms with Crippen molar-refractivity contribution in [1.29, 1.82) is 0 Å². The Morgan fingerprint density at radius 1 is 1.36 bits per heavy atom.